The number of allylic oxidation sites excluding steroid dienone is 1. The van der Waals surface area contributed by atoms with E-state index in [9.17, 15) is 0 Å². The molecule has 2 aromatic heterocycles. The van der Waals surface area contributed by atoms with Crippen molar-refractivity contribution in [1.29, 1.82) is 0 Å². The smallest absolute Gasteiger partial charge is 0.175 e. The van der Waals surface area contributed by atoms with Crippen molar-refractivity contribution < 1.29 is 0 Å². The first-order valence-electron chi connectivity index (χ1n) is 5.98. The Labute approximate surface area is 111 Å². The Kier molecular flexibility index (Phi) is 2.78. The molecular weight excluding hydrogens is 244 g/mol. The molecule has 0 N–H and O–H groups in total. The Hall–Kier alpha value is -1.49. The number of nitrogens with zero attached hydrogens (tertiary/aromatic N) is 4. The van der Waals surface area contributed by atoms with Gasteiger partial charge >= 0.3 is 0 Å². The number of hydrogen-bond acceptors (Lipinski definition) is 3. The number of hydrogen-bond donors (Lipinski definition) is 0. The lowest BCUT2D eigenvalue weighted by molar-refractivity contribution is 0.366. The summed E-state index contributed by atoms with van der Waals surface area (Å²) in [6.45, 7) is 4.44. The maximum Gasteiger partial charge on any atom is 0.175 e. The van der Waals surface area contributed by atoms with Crippen molar-refractivity contribution in [2.24, 2.45) is 0 Å². The topological polar surface area (TPSA) is 35.6 Å². The third kappa shape index (κ3) is 1.70. The zero-order chi connectivity index (χ0) is 12.6. The highest BCUT2D eigenvalue weighted by Gasteiger charge is 2.37. The minimum Gasteiger partial charge on any atom is -0.304 e. The Morgan fingerprint density at radius 1 is 1.06 bits per heavy atom. The predicted molar refractivity (Wildman–Crippen MR) is 73.3 cm³/mol. The monoisotopic (exact) mass is 260 g/mol. The van der Waals surface area contributed by atoms with E-state index in [0.717, 1.165) is 12.2 Å². The van der Waals surface area contributed by atoms with Gasteiger partial charge in [0, 0.05) is 37.0 Å². The molecule has 0 saturated carbocycles. The average molecular weight is 260 g/mol. The fourth-order valence-electron chi connectivity index (χ4n) is 2.29. The normalized spacial score (nSPS) is 19.2. The van der Waals surface area contributed by atoms with E-state index in [1.165, 1.54) is 11.1 Å². The molecule has 0 aromatic carbocycles. The molecule has 5 heteroatoms. The highest BCUT2D eigenvalue weighted by Crippen LogP contribution is 2.43. The summed E-state index contributed by atoms with van der Waals surface area (Å²) in [5.41, 5.74) is 2.94. The van der Waals surface area contributed by atoms with E-state index in [1.807, 2.05) is 49.2 Å². The summed E-state index contributed by atoms with van der Waals surface area (Å²) < 4.78 is 4.35. The molecule has 0 radical (unpaired) electrons. The van der Waals surface area contributed by atoms with Crippen molar-refractivity contribution in [1.82, 2.24) is 19.1 Å². The molecule has 0 fully saturated rings. The predicted octanol–water partition coefficient (Wildman–Crippen LogP) is 2.71. The lowest BCUT2D eigenvalue weighted by Crippen LogP contribution is -2.39. The van der Waals surface area contributed by atoms with Gasteiger partial charge in [-0.25, -0.2) is 9.97 Å². The van der Waals surface area contributed by atoms with Crippen LogP contribution < -0.4 is 0 Å². The van der Waals surface area contributed by atoms with E-state index < -0.39 is 0 Å². The summed E-state index contributed by atoms with van der Waals surface area (Å²) in [5.74, 6) is 1.04. The number of aromatic nitrogens is 4. The van der Waals surface area contributed by atoms with Crippen LogP contribution in [-0.4, -0.2) is 24.9 Å². The Bertz CT molecular complexity index is 520. The molecule has 0 spiro atoms. The van der Waals surface area contributed by atoms with Crippen molar-refractivity contribution in [2.45, 2.75) is 25.3 Å². The van der Waals surface area contributed by atoms with E-state index in [-0.39, 0.29) is 4.99 Å². The lowest BCUT2D eigenvalue weighted by atomic mass is 10.1. The van der Waals surface area contributed by atoms with Crippen molar-refractivity contribution in [3.63, 3.8) is 0 Å². The van der Waals surface area contributed by atoms with Gasteiger partial charge in [-0.2, -0.15) is 0 Å². The Morgan fingerprint density at radius 3 is 2.11 bits per heavy atom. The van der Waals surface area contributed by atoms with Crippen LogP contribution in [-0.2, 0) is 4.99 Å². The van der Waals surface area contributed by atoms with Crippen LogP contribution >= 0.6 is 11.8 Å². The SMILES string of the molecule is CC1=C(C)CC(n2ccnc2)(n2ccnc2)SC1. The highest BCUT2D eigenvalue weighted by atomic mass is 32.2. The van der Waals surface area contributed by atoms with E-state index in [0.29, 0.717) is 0 Å². The average Bonchev–Trinajstić information content (AvgIpc) is 3.04. The van der Waals surface area contributed by atoms with Crippen molar-refractivity contribution in [2.75, 3.05) is 5.75 Å². The maximum absolute atomic E-state index is 4.20. The second-order valence-corrected chi connectivity index (χ2v) is 5.94. The van der Waals surface area contributed by atoms with E-state index in [4.69, 9.17) is 0 Å². The van der Waals surface area contributed by atoms with Crippen molar-refractivity contribution >= 4 is 11.8 Å². The zero-order valence-electron chi connectivity index (χ0n) is 10.6. The van der Waals surface area contributed by atoms with Crippen LogP contribution in [0.2, 0.25) is 0 Å². The summed E-state index contributed by atoms with van der Waals surface area (Å²) in [7, 11) is 0. The van der Waals surface area contributed by atoms with Crippen LogP contribution in [0.3, 0.4) is 0 Å². The molecule has 0 atom stereocenters. The van der Waals surface area contributed by atoms with Gasteiger partial charge in [-0.1, -0.05) is 11.1 Å². The van der Waals surface area contributed by atoms with Crippen molar-refractivity contribution in [3.05, 3.63) is 48.6 Å². The van der Waals surface area contributed by atoms with Gasteiger partial charge in [0.25, 0.3) is 0 Å². The van der Waals surface area contributed by atoms with Gasteiger partial charge in [0.15, 0.2) is 4.99 Å². The second kappa shape index (κ2) is 4.31. The van der Waals surface area contributed by atoms with Crippen LogP contribution in [0, 0.1) is 0 Å². The molecule has 18 heavy (non-hydrogen) atoms. The third-order valence-corrected chi connectivity index (χ3v) is 5.17. The van der Waals surface area contributed by atoms with Gasteiger partial charge < -0.3 is 9.13 Å². The summed E-state index contributed by atoms with van der Waals surface area (Å²) in [5, 5.41) is 0. The van der Waals surface area contributed by atoms with Gasteiger partial charge in [0.2, 0.25) is 0 Å². The molecule has 0 saturated heterocycles. The van der Waals surface area contributed by atoms with Crippen molar-refractivity contribution in [3.8, 4) is 0 Å². The first-order valence-corrected chi connectivity index (χ1v) is 6.97. The van der Waals surface area contributed by atoms with Crippen LogP contribution in [0.25, 0.3) is 0 Å². The number of thioether (sulfide) groups is 1. The molecule has 94 valence electrons. The second-order valence-electron chi connectivity index (χ2n) is 4.71. The molecule has 0 bridgehead atoms. The van der Waals surface area contributed by atoms with Crippen LogP contribution in [0.5, 0.6) is 0 Å². The summed E-state index contributed by atoms with van der Waals surface area (Å²) in [6, 6.07) is 0. The molecule has 2 aromatic rings. The lowest BCUT2D eigenvalue weighted by Gasteiger charge is -2.39. The fraction of sp³-hybridized carbons (Fsp3) is 0.385. The first-order chi connectivity index (χ1) is 8.72. The van der Waals surface area contributed by atoms with Crippen LogP contribution in [0.1, 0.15) is 20.3 Å². The van der Waals surface area contributed by atoms with E-state index in [1.54, 1.807) is 0 Å². The molecule has 1 aliphatic rings. The standard InChI is InChI=1S/C13H16N4S/c1-11-7-13(18-8-12(11)2,16-5-3-14-9-16)17-6-4-15-10-17/h3-6,9-10H,7-8H2,1-2H3. The number of imidazole rings is 2. The largest absolute Gasteiger partial charge is 0.304 e. The molecule has 1 aliphatic heterocycles. The summed E-state index contributed by atoms with van der Waals surface area (Å²) in [4.78, 5) is 8.24. The van der Waals surface area contributed by atoms with Gasteiger partial charge in [-0.3, -0.25) is 0 Å². The highest BCUT2D eigenvalue weighted by molar-refractivity contribution is 8.00. The molecule has 0 unspecified atom stereocenters. The Balaban J connectivity index is 2.12. The molecule has 0 aliphatic carbocycles. The molecular formula is C13H16N4S. The molecule has 4 nitrogen and oxygen atoms in total. The minimum absolute atomic E-state index is 0.156. The molecule has 3 heterocycles. The van der Waals surface area contributed by atoms with E-state index in [2.05, 4.69) is 32.9 Å². The number of rotatable bonds is 2. The molecule has 3 rings (SSSR count). The van der Waals surface area contributed by atoms with Crippen LogP contribution in [0.15, 0.2) is 48.6 Å². The minimum atomic E-state index is -0.156. The summed E-state index contributed by atoms with van der Waals surface area (Å²) >= 11 is 1.93. The van der Waals surface area contributed by atoms with Gasteiger partial charge in [-0.15, -0.1) is 11.8 Å². The van der Waals surface area contributed by atoms with Gasteiger partial charge in [0.05, 0.1) is 12.7 Å². The third-order valence-electron chi connectivity index (χ3n) is 3.56. The van der Waals surface area contributed by atoms with Gasteiger partial charge in [0.1, 0.15) is 0 Å². The quantitative estimate of drug-likeness (QED) is 0.779. The first kappa shape index (κ1) is 11.6. The summed E-state index contributed by atoms with van der Waals surface area (Å²) in [6.07, 6.45) is 12.5. The van der Waals surface area contributed by atoms with Crippen LogP contribution in [0.4, 0.5) is 0 Å². The zero-order valence-corrected chi connectivity index (χ0v) is 11.4. The maximum atomic E-state index is 4.20. The van der Waals surface area contributed by atoms with E-state index >= 15 is 0 Å². The van der Waals surface area contributed by atoms with Gasteiger partial charge in [-0.05, 0) is 13.8 Å². The molecule has 0 amide bonds. The Morgan fingerprint density at radius 2 is 1.67 bits per heavy atom. The fourth-order valence-corrected chi connectivity index (χ4v) is 3.82.